The van der Waals surface area contributed by atoms with Gasteiger partial charge in [0.1, 0.15) is 5.01 Å². The van der Waals surface area contributed by atoms with Crippen molar-refractivity contribution in [2.45, 2.75) is 39.0 Å². The Morgan fingerprint density at radius 3 is 2.61 bits per heavy atom. The number of carbonyl (C=O) groups excluding carboxylic acids is 1. The number of pyridine rings is 1. The normalized spacial score (nSPS) is 13.0. The number of nitrogens with zero attached hydrogens (tertiary/aromatic N) is 4. The summed E-state index contributed by atoms with van der Waals surface area (Å²) < 4.78 is 41.2. The average molecular weight is 409 g/mol. The standard InChI is InChI=1S/C18H18F3N5OS/c1-10(2)26-15(18(19,20)21)13(8-23-26)16(27)24-11(3)17-25-14(9-28-17)12-5-4-6-22-7-12/h4-11H,1-3H3,(H,24,27). The van der Waals surface area contributed by atoms with Crippen molar-refractivity contribution >= 4 is 17.2 Å². The molecule has 0 aliphatic carbocycles. The van der Waals surface area contributed by atoms with Crippen molar-refractivity contribution in [3.63, 3.8) is 0 Å². The van der Waals surface area contributed by atoms with E-state index in [0.717, 1.165) is 16.4 Å². The molecule has 1 N–H and O–H groups in total. The third-order valence-electron chi connectivity index (χ3n) is 4.00. The highest BCUT2D eigenvalue weighted by Crippen LogP contribution is 2.34. The molecule has 0 saturated carbocycles. The summed E-state index contributed by atoms with van der Waals surface area (Å²) in [6.45, 7) is 4.81. The van der Waals surface area contributed by atoms with E-state index < -0.39 is 35.4 Å². The summed E-state index contributed by atoms with van der Waals surface area (Å²) in [4.78, 5) is 21.0. The summed E-state index contributed by atoms with van der Waals surface area (Å²) >= 11 is 1.31. The van der Waals surface area contributed by atoms with Crippen LogP contribution in [0.15, 0.2) is 36.1 Å². The van der Waals surface area contributed by atoms with Gasteiger partial charge in [-0.15, -0.1) is 11.3 Å². The Hall–Kier alpha value is -2.75. The highest BCUT2D eigenvalue weighted by Gasteiger charge is 2.40. The maximum atomic E-state index is 13.5. The number of amides is 1. The van der Waals surface area contributed by atoms with Gasteiger partial charge in [-0.1, -0.05) is 0 Å². The molecule has 0 bridgehead atoms. The zero-order chi connectivity index (χ0) is 20.5. The lowest BCUT2D eigenvalue weighted by atomic mass is 10.2. The molecule has 28 heavy (non-hydrogen) atoms. The Bertz CT molecular complexity index is 965. The molecule has 1 atom stereocenters. The number of aromatic nitrogens is 4. The first-order valence-corrected chi connectivity index (χ1v) is 9.37. The predicted octanol–water partition coefficient (Wildman–Crippen LogP) is 4.49. The van der Waals surface area contributed by atoms with Crippen LogP contribution < -0.4 is 5.32 Å². The van der Waals surface area contributed by atoms with E-state index in [4.69, 9.17) is 0 Å². The van der Waals surface area contributed by atoms with Gasteiger partial charge in [0.05, 0.1) is 23.5 Å². The van der Waals surface area contributed by atoms with Crippen LogP contribution in [0, 0.1) is 0 Å². The minimum absolute atomic E-state index is 0.503. The SMILES string of the molecule is CC(NC(=O)c1cnn(C(C)C)c1C(F)(F)F)c1nc(-c2cccnc2)cs1. The molecule has 1 unspecified atom stereocenters. The highest BCUT2D eigenvalue weighted by atomic mass is 32.1. The Morgan fingerprint density at radius 2 is 2.00 bits per heavy atom. The van der Waals surface area contributed by atoms with E-state index in [1.807, 2.05) is 11.4 Å². The van der Waals surface area contributed by atoms with Gasteiger partial charge in [-0.05, 0) is 32.9 Å². The van der Waals surface area contributed by atoms with Crippen LogP contribution in [-0.4, -0.2) is 25.7 Å². The molecule has 0 spiro atoms. The summed E-state index contributed by atoms with van der Waals surface area (Å²) in [6.07, 6.45) is -0.424. The maximum Gasteiger partial charge on any atom is 0.433 e. The number of hydrogen-bond acceptors (Lipinski definition) is 5. The molecule has 0 aliphatic rings. The van der Waals surface area contributed by atoms with Gasteiger partial charge >= 0.3 is 6.18 Å². The summed E-state index contributed by atoms with van der Waals surface area (Å²) in [7, 11) is 0. The smallest absolute Gasteiger partial charge is 0.343 e. The number of hydrogen-bond donors (Lipinski definition) is 1. The van der Waals surface area contributed by atoms with Gasteiger partial charge < -0.3 is 5.32 Å². The third kappa shape index (κ3) is 4.06. The first-order valence-electron chi connectivity index (χ1n) is 8.50. The lowest BCUT2D eigenvalue weighted by Crippen LogP contribution is -2.29. The number of alkyl halides is 3. The summed E-state index contributed by atoms with van der Waals surface area (Å²) in [5, 5.41) is 8.72. The van der Waals surface area contributed by atoms with E-state index >= 15 is 0 Å². The third-order valence-corrected chi connectivity index (χ3v) is 5.02. The van der Waals surface area contributed by atoms with E-state index in [1.54, 1.807) is 39.2 Å². The number of rotatable bonds is 5. The van der Waals surface area contributed by atoms with E-state index in [9.17, 15) is 18.0 Å². The highest BCUT2D eigenvalue weighted by molar-refractivity contribution is 7.10. The van der Waals surface area contributed by atoms with Crippen molar-refractivity contribution in [3.05, 3.63) is 52.4 Å². The molecule has 10 heteroatoms. The summed E-state index contributed by atoms with van der Waals surface area (Å²) in [5.74, 6) is -0.843. The lowest BCUT2D eigenvalue weighted by molar-refractivity contribution is -0.145. The minimum atomic E-state index is -4.69. The van der Waals surface area contributed by atoms with Gasteiger partial charge in [0.2, 0.25) is 0 Å². The fourth-order valence-electron chi connectivity index (χ4n) is 2.67. The molecule has 0 saturated heterocycles. The second-order valence-electron chi connectivity index (χ2n) is 6.45. The van der Waals surface area contributed by atoms with Crippen LogP contribution in [0.25, 0.3) is 11.3 Å². The molecule has 0 aromatic carbocycles. The zero-order valence-electron chi connectivity index (χ0n) is 15.4. The van der Waals surface area contributed by atoms with Gasteiger partial charge in [0.25, 0.3) is 5.91 Å². The van der Waals surface area contributed by atoms with Crippen LogP contribution in [0.4, 0.5) is 13.2 Å². The number of carbonyl (C=O) groups is 1. The Labute approximate surface area is 163 Å². The molecule has 0 radical (unpaired) electrons. The topological polar surface area (TPSA) is 72.7 Å². The van der Waals surface area contributed by atoms with E-state index in [-0.39, 0.29) is 0 Å². The van der Waals surface area contributed by atoms with Crippen LogP contribution in [0.2, 0.25) is 0 Å². The van der Waals surface area contributed by atoms with Crippen LogP contribution in [0.1, 0.15) is 53.9 Å². The number of halogens is 3. The molecule has 3 heterocycles. The van der Waals surface area contributed by atoms with E-state index in [2.05, 4.69) is 20.4 Å². The average Bonchev–Trinajstić information content (AvgIpc) is 3.29. The molecule has 3 rings (SSSR count). The number of nitrogens with one attached hydrogen (secondary N) is 1. The first-order chi connectivity index (χ1) is 13.2. The van der Waals surface area contributed by atoms with Crippen molar-refractivity contribution in [3.8, 4) is 11.3 Å². The molecule has 0 aliphatic heterocycles. The fraction of sp³-hybridized carbons (Fsp3) is 0.333. The molecular weight excluding hydrogens is 391 g/mol. The molecule has 3 aromatic rings. The van der Waals surface area contributed by atoms with Crippen LogP contribution in [0.5, 0.6) is 0 Å². The van der Waals surface area contributed by atoms with Crippen LogP contribution in [-0.2, 0) is 6.18 Å². The maximum absolute atomic E-state index is 13.5. The number of thiazole rings is 1. The lowest BCUT2D eigenvalue weighted by Gasteiger charge is -2.16. The van der Waals surface area contributed by atoms with Crippen molar-refractivity contribution in [2.75, 3.05) is 0 Å². The summed E-state index contributed by atoms with van der Waals surface area (Å²) in [5.41, 5.74) is -0.0432. The molecule has 148 valence electrons. The molecule has 1 amide bonds. The zero-order valence-corrected chi connectivity index (χ0v) is 16.2. The van der Waals surface area contributed by atoms with Gasteiger partial charge in [0, 0.05) is 29.4 Å². The first kappa shape index (κ1) is 20.0. The minimum Gasteiger partial charge on any atom is -0.343 e. The predicted molar refractivity (Wildman–Crippen MR) is 98.8 cm³/mol. The van der Waals surface area contributed by atoms with E-state index in [1.165, 1.54) is 11.3 Å². The van der Waals surface area contributed by atoms with Gasteiger partial charge in [-0.25, -0.2) is 4.98 Å². The van der Waals surface area contributed by atoms with Crippen molar-refractivity contribution in [2.24, 2.45) is 0 Å². The Balaban J connectivity index is 1.81. The van der Waals surface area contributed by atoms with Gasteiger partial charge in [-0.2, -0.15) is 18.3 Å². The fourth-order valence-corrected chi connectivity index (χ4v) is 3.51. The van der Waals surface area contributed by atoms with Crippen molar-refractivity contribution in [1.82, 2.24) is 25.1 Å². The molecule has 3 aromatic heterocycles. The van der Waals surface area contributed by atoms with Crippen molar-refractivity contribution in [1.29, 1.82) is 0 Å². The van der Waals surface area contributed by atoms with Crippen LogP contribution >= 0.6 is 11.3 Å². The van der Waals surface area contributed by atoms with Crippen molar-refractivity contribution < 1.29 is 18.0 Å². The summed E-state index contributed by atoms with van der Waals surface area (Å²) in [6, 6.07) is 2.54. The Morgan fingerprint density at radius 1 is 1.25 bits per heavy atom. The Kier molecular flexibility index (Phi) is 5.50. The monoisotopic (exact) mass is 409 g/mol. The van der Waals surface area contributed by atoms with Crippen LogP contribution in [0.3, 0.4) is 0 Å². The second-order valence-corrected chi connectivity index (χ2v) is 7.34. The molecular formula is C18H18F3N5OS. The van der Waals surface area contributed by atoms with E-state index in [0.29, 0.717) is 10.7 Å². The second kappa shape index (κ2) is 7.70. The van der Waals surface area contributed by atoms with Gasteiger partial charge in [0.15, 0.2) is 5.69 Å². The largest absolute Gasteiger partial charge is 0.433 e. The van der Waals surface area contributed by atoms with Gasteiger partial charge in [-0.3, -0.25) is 14.5 Å². The quantitative estimate of drug-likeness (QED) is 0.674. The molecule has 6 nitrogen and oxygen atoms in total. The molecule has 0 fully saturated rings.